The average molecular weight is 286 g/mol. The third-order valence-corrected chi connectivity index (χ3v) is 6.05. The first-order valence-electron chi connectivity index (χ1n) is 7.42. The number of ether oxygens (including phenoxy) is 1. The summed E-state index contributed by atoms with van der Waals surface area (Å²) in [4.78, 5) is 15.1. The molecule has 19 heavy (non-hydrogen) atoms. The van der Waals surface area contributed by atoms with Gasteiger partial charge in [-0.3, -0.25) is 0 Å². The first-order chi connectivity index (χ1) is 8.82. The Morgan fingerprint density at radius 3 is 2.47 bits per heavy atom. The van der Waals surface area contributed by atoms with E-state index in [4.69, 9.17) is 4.74 Å². The van der Waals surface area contributed by atoms with Crippen molar-refractivity contribution in [3.8, 4) is 0 Å². The van der Waals surface area contributed by atoms with Gasteiger partial charge < -0.3 is 9.72 Å². The Labute approximate surface area is 119 Å². The minimum Gasteiger partial charge on any atom is -0.462 e. The molecule has 0 aliphatic heterocycles. The zero-order valence-corrected chi connectivity index (χ0v) is 14.3. The summed E-state index contributed by atoms with van der Waals surface area (Å²) >= 11 is 0. The molecular weight excluding hydrogens is 254 g/mol. The van der Waals surface area contributed by atoms with Crippen LogP contribution in [0.15, 0.2) is 12.2 Å². The molecule has 3 nitrogen and oxygen atoms in total. The van der Waals surface area contributed by atoms with E-state index < -0.39 is 8.24 Å². The van der Waals surface area contributed by atoms with Gasteiger partial charge in [-0.15, -0.1) is 0 Å². The highest BCUT2D eigenvalue weighted by atomic mass is 28.3. The molecule has 0 aliphatic carbocycles. The normalized spacial score (nSPS) is 13.1. The molecule has 0 bridgehead atoms. The van der Waals surface area contributed by atoms with Crippen LogP contribution >= 0.6 is 0 Å². The van der Waals surface area contributed by atoms with Gasteiger partial charge in [0.25, 0.3) is 0 Å². The summed E-state index contributed by atoms with van der Waals surface area (Å²) in [6, 6.07) is 1.78. The van der Waals surface area contributed by atoms with Crippen LogP contribution < -0.4 is 4.98 Å². The summed E-state index contributed by atoms with van der Waals surface area (Å²) in [7, 11) is -1.39. The van der Waals surface area contributed by atoms with Gasteiger partial charge in [-0.05, 0) is 32.2 Å². The molecule has 4 heteroatoms. The van der Waals surface area contributed by atoms with E-state index in [-0.39, 0.29) is 5.97 Å². The van der Waals surface area contributed by atoms with Gasteiger partial charge in [0.05, 0.1) is 6.61 Å². The maximum atomic E-state index is 11.3. The molecule has 0 fully saturated rings. The molecular formula is C15H31NO2Si. The lowest BCUT2D eigenvalue weighted by Gasteiger charge is -2.29. The third kappa shape index (κ3) is 9.00. The van der Waals surface area contributed by atoms with Crippen molar-refractivity contribution in [1.29, 1.82) is 0 Å². The predicted octanol–water partition coefficient (Wildman–Crippen LogP) is 3.87. The maximum absolute atomic E-state index is 11.3. The predicted molar refractivity (Wildman–Crippen MR) is 84.8 cm³/mol. The molecule has 0 radical (unpaired) electrons. The van der Waals surface area contributed by atoms with Crippen molar-refractivity contribution in [1.82, 2.24) is 4.98 Å². The van der Waals surface area contributed by atoms with Crippen molar-refractivity contribution >= 4 is 14.2 Å². The van der Waals surface area contributed by atoms with Crippen LogP contribution in [0.5, 0.6) is 0 Å². The van der Waals surface area contributed by atoms with Crippen molar-refractivity contribution in [3.05, 3.63) is 12.2 Å². The van der Waals surface area contributed by atoms with Gasteiger partial charge in [0, 0.05) is 11.6 Å². The molecule has 0 heterocycles. The number of carbonyl (C=O) groups excluding carboxylic acids is 1. The van der Waals surface area contributed by atoms with E-state index in [1.54, 1.807) is 6.92 Å². The van der Waals surface area contributed by atoms with Crippen LogP contribution in [-0.4, -0.2) is 26.9 Å². The Bertz CT molecular complexity index is 290. The fourth-order valence-electron chi connectivity index (χ4n) is 2.15. The summed E-state index contributed by atoms with van der Waals surface area (Å²) in [5.74, 6) is -0.273. The molecule has 0 aromatic heterocycles. The van der Waals surface area contributed by atoms with Gasteiger partial charge in [-0.2, -0.15) is 0 Å². The fourth-order valence-corrected chi connectivity index (χ4v) is 4.78. The summed E-state index contributed by atoms with van der Waals surface area (Å²) in [5.41, 5.74) is 0.476. The molecule has 0 saturated heterocycles. The standard InChI is InChI=1S/C15H31NO2Si/c1-7-10-14(8-2)16-19(5,6)12-9-11-18-15(17)13(3)4/h14,16H,3,7-12H2,1-2,4-6H3. The number of nitrogens with one attached hydrogen (secondary N) is 1. The van der Waals surface area contributed by atoms with Gasteiger partial charge in [0.2, 0.25) is 0 Å². The van der Waals surface area contributed by atoms with Crippen molar-refractivity contribution in [2.24, 2.45) is 0 Å². The molecule has 0 aliphatic rings. The lowest BCUT2D eigenvalue weighted by molar-refractivity contribution is -0.138. The van der Waals surface area contributed by atoms with Crippen LogP contribution in [0.1, 0.15) is 46.5 Å². The van der Waals surface area contributed by atoms with Gasteiger partial charge in [-0.1, -0.05) is 39.9 Å². The highest BCUT2D eigenvalue weighted by Crippen LogP contribution is 2.13. The molecule has 0 rings (SSSR count). The smallest absolute Gasteiger partial charge is 0.333 e. The molecule has 112 valence electrons. The van der Waals surface area contributed by atoms with Crippen molar-refractivity contribution in [2.45, 2.75) is 71.6 Å². The van der Waals surface area contributed by atoms with Crippen molar-refractivity contribution < 1.29 is 9.53 Å². The summed E-state index contributed by atoms with van der Waals surface area (Å²) in [6.07, 6.45) is 4.60. The first-order valence-corrected chi connectivity index (χ1v) is 10.6. The molecule has 1 atom stereocenters. The highest BCUT2D eigenvalue weighted by molar-refractivity contribution is 6.75. The number of hydrogen-bond acceptors (Lipinski definition) is 3. The van der Waals surface area contributed by atoms with Gasteiger partial charge in [0.15, 0.2) is 0 Å². The van der Waals surface area contributed by atoms with E-state index in [9.17, 15) is 4.79 Å². The monoisotopic (exact) mass is 285 g/mol. The number of esters is 1. The molecule has 0 amide bonds. The summed E-state index contributed by atoms with van der Waals surface area (Å²) in [5, 5.41) is 0. The second kappa shape index (κ2) is 9.32. The largest absolute Gasteiger partial charge is 0.462 e. The Hall–Kier alpha value is -0.613. The fraction of sp³-hybridized carbons (Fsp3) is 0.800. The topological polar surface area (TPSA) is 38.3 Å². The number of carbonyl (C=O) groups is 1. The molecule has 0 aromatic carbocycles. The molecule has 0 saturated carbocycles. The zero-order chi connectivity index (χ0) is 14.9. The third-order valence-electron chi connectivity index (χ3n) is 3.25. The van der Waals surface area contributed by atoms with Crippen LogP contribution in [-0.2, 0) is 9.53 Å². The minimum atomic E-state index is -1.39. The molecule has 0 spiro atoms. The number of rotatable bonds is 10. The summed E-state index contributed by atoms with van der Waals surface area (Å²) < 4.78 is 5.13. The van der Waals surface area contributed by atoms with Crippen molar-refractivity contribution in [2.75, 3.05) is 6.61 Å². The van der Waals surface area contributed by atoms with Crippen LogP contribution in [0.4, 0.5) is 0 Å². The Morgan fingerprint density at radius 2 is 2.00 bits per heavy atom. The Morgan fingerprint density at radius 1 is 1.37 bits per heavy atom. The second-order valence-electron chi connectivity index (χ2n) is 5.94. The van der Waals surface area contributed by atoms with Gasteiger partial charge in [0.1, 0.15) is 8.24 Å². The SMILES string of the molecule is C=C(C)C(=O)OCCC[Si](C)(C)NC(CC)CCC. The van der Waals surface area contributed by atoms with Gasteiger partial charge >= 0.3 is 5.97 Å². The molecule has 0 aromatic rings. The number of hydrogen-bond donors (Lipinski definition) is 1. The van der Waals surface area contributed by atoms with E-state index in [1.807, 2.05) is 0 Å². The molecule has 1 N–H and O–H groups in total. The Balaban J connectivity index is 3.95. The lowest BCUT2D eigenvalue weighted by Crippen LogP contribution is -2.50. The maximum Gasteiger partial charge on any atom is 0.333 e. The van der Waals surface area contributed by atoms with Crippen LogP contribution in [0, 0.1) is 0 Å². The van der Waals surface area contributed by atoms with E-state index >= 15 is 0 Å². The van der Waals surface area contributed by atoms with Gasteiger partial charge in [-0.25, -0.2) is 4.79 Å². The zero-order valence-electron chi connectivity index (χ0n) is 13.3. The first kappa shape index (κ1) is 18.4. The quantitative estimate of drug-likeness (QED) is 0.286. The lowest BCUT2D eigenvalue weighted by atomic mass is 10.1. The molecule has 1 unspecified atom stereocenters. The van der Waals surface area contributed by atoms with E-state index in [0.29, 0.717) is 18.2 Å². The van der Waals surface area contributed by atoms with Crippen LogP contribution in [0.3, 0.4) is 0 Å². The second-order valence-corrected chi connectivity index (χ2v) is 10.5. The van der Waals surface area contributed by atoms with E-state index in [0.717, 1.165) is 12.5 Å². The van der Waals surface area contributed by atoms with Crippen LogP contribution in [0.25, 0.3) is 0 Å². The van der Waals surface area contributed by atoms with Crippen molar-refractivity contribution in [3.63, 3.8) is 0 Å². The minimum absolute atomic E-state index is 0.273. The van der Waals surface area contributed by atoms with E-state index in [1.165, 1.54) is 19.3 Å². The average Bonchev–Trinajstić information content (AvgIpc) is 2.33. The summed E-state index contributed by atoms with van der Waals surface area (Å²) in [6.45, 7) is 14.9. The Kier molecular flexibility index (Phi) is 9.02. The highest BCUT2D eigenvalue weighted by Gasteiger charge is 2.23. The van der Waals surface area contributed by atoms with E-state index in [2.05, 4.69) is 38.5 Å². The van der Waals surface area contributed by atoms with Crippen LogP contribution in [0.2, 0.25) is 19.1 Å².